The maximum atomic E-state index is 13.3. The van der Waals surface area contributed by atoms with E-state index in [9.17, 15) is 13.2 Å². The smallest absolute Gasteiger partial charge is 0.255 e. The molecule has 1 N–H and O–H groups in total. The molecule has 196 valence electrons. The highest BCUT2D eigenvalue weighted by Crippen LogP contribution is 2.22. The lowest BCUT2D eigenvalue weighted by Gasteiger charge is -2.21. The molecule has 7 nitrogen and oxygen atoms in total. The normalized spacial score (nSPS) is 11.8. The summed E-state index contributed by atoms with van der Waals surface area (Å²) in [7, 11) is -3.90. The molecule has 0 aliphatic heterocycles. The Kier molecular flexibility index (Phi) is 8.24. The minimum atomic E-state index is -3.90. The number of aromatic nitrogens is 1. The van der Waals surface area contributed by atoms with Crippen LogP contribution in [-0.4, -0.2) is 36.0 Å². The number of hydrogen-bond donors (Lipinski definition) is 1. The summed E-state index contributed by atoms with van der Waals surface area (Å²) in [6.45, 7) is 7.89. The predicted molar refractivity (Wildman–Crippen MR) is 151 cm³/mol. The monoisotopic (exact) mass is 528 g/mol. The Hall–Kier alpha value is -4.01. The van der Waals surface area contributed by atoms with Gasteiger partial charge in [-0.2, -0.15) is 9.41 Å². The highest BCUT2D eigenvalue weighted by Gasteiger charge is 2.26. The molecule has 8 heteroatoms. The van der Waals surface area contributed by atoms with Gasteiger partial charge in [-0.05, 0) is 74.7 Å². The second-order valence-electron chi connectivity index (χ2n) is 9.30. The molecule has 0 aliphatic carbocycles. The summed E-state index contributed by atoms with van der Waals surface area (Å²) in [4.78, 5) is 13.0. The summed E-state index contributed by atoms with van der Waals surface area (Å²) in [5.41, 5.74) is 9.68. The van der Waals surface area contributed by atoms with E-state index in [0.29, 0.717) is 0 Å². The van der Waals surface area contributed by atoms with Gasteiger partial charge in [0, 0.05) is 29.2 Å². The zero-order chi connectivity index (χ0) is 27.3. The fraction of sp³-hybridized carbons (Fsp3) is 0.200. The third-order valence-electron chi connectivity index (χ3n) is 6.51. The first-order chi connectivity index (χ1) is 18.2. The van der Waals surface area contributed by atoms with Crippen molar-refractivity contribution < 1.29 is 13.2 Å². The molecule has 0 saturated heterocycles. The van der Waals surface area contributed by atoms with Crippen molar-refractivity contribution in [3.05, 3.63) is 119 Å². The molecule has 0 atom stereocenters. The Bertz CT molecular complexity index is 1560. The van der Waals surface area contributed by atoms with Crippen molar-refractivity contribution in [2.45, 2.75) is 39.1 Å². The van der Waals surface area contributed by atoms with E-state index in [2.05, 4.69) is 47.1 Å². The molecule has 4 rings (SSSR count). The summed E-state index contributed by atoms with van der Waals surface area (Å²) < 4.78 is 30.0. The van der Waals surface area contributed by atoms with Gasteiger partial charge in [0.05, 0.1) is 17.7 Å². The van der Waals surface area contributed by atoms with Gasteiger partial charge in [-0.3, -0.25) is 4.79 Å². The Morgan fingerprint density at radius 3 is 2.21 bits per heavy atom. The second-order valence-corrected chi connectivity index (χ2v) is 11.2. The number of nitrogens with one attached hydrogen (secondary N) is 1. The summed E-state index contributed by atoms with van der Waals surface area (Å²) in [6.07, 6.45) is 1.59. The molecule has 0 spiro atoms. The van der Waals surface area contributed by atoms with E-state index < -0.39 is 15.9 Å². The average molecular weight is 529 g/mol. The number of benzene rings is 3. The third kappa shape index (κ3) is 6.10. The van der Waals surface area contributed by atoms with Crippen LogP contribution >= 0.6 is 0 Å². The predicted octanol–water partition coefficient (Wildman–Crippen LogP) is 5.05. The van der Waals surface area contributed by atoms with Crippen molar-refractivity contribution >= 4 is 22.1 Å². The van der Waals surface area contributed by atoms with Gasteiger partial charge >= 0.3 is 0 Å². The molecule has 0 radical (unpaired) electrons. The molecule has 1 aromatic heterocycles. The SMILES string of the molecule is Cc1ccc(-n2c(C)cc(/C=N/NC(=O)CN(Cc3ccccc3)S(=O)(=O)c3ccccc3)c2C)cc1C. The molecule has 1 amide bonds. The summed E-state index contributed by atoms with van der Waals surface area (Å²) in [5.74, 6) is -0.528. The molecular weight excluding hydrogens is 496 g/mol. The molecule has 0 aliphatic rings. The number of rotatable bonds is 9. The van der Waals surface area contributed by atoms with Gasteiger partial charge in [-0.15, -0.1) is 0 Å². The molecule has 1 heterocycles. The van der Waals surface area contributed by atoms with E-state index >= 15 is 0 Å². The highest BCUT2D eigenvalue weighted by atomic mass is 32.2. The van der Waals surface area contributed by atoms with Crippen LogP contribution in [0.1, 0.15) is 33.6 Å². The van der Waals surface area contributed by atoms with Gasteiger partial charge in [-0.25, -0.2) is 13.8 Å². The zero-order valence-corrected chi connectivity index (χ0v) is 22.9. The number of hydrazone groups is 1. The van der Waals surface area contributed by atoms with Gasteiger partial charge in [0.1, 0.15) is 0 Å². The molecule has 38 heavy (non-hydrogen) atoms. The van der Waals surface area contributed by atoms with Crippen LogP contribution in [0, 0.1) is 27.7 Å². The van der Waals surface area contributed by atoms with Gasteiger partial charge in [0.2, 0.25) is 10.0 Å². The third-order valence-corrected chi connectivity index (χ3v) is 8.32. The number of hydrogen-bond acceptors (Lipinski definition) is 4. The van der Waals surface area contributed by atoms with E-state index in [4.69, 9.17) is 0 Å². The Morgan fingerprint density at radius 2 is 1.55 bits per heavy atom. The maximum Gasteiger partial charge on any atom is 0.255 e. The fourth-order valence-corrected chi connectivity index (χ4v) is 5.71. The topological polar surface area (TPSA) is 83.8 Å². The van der Waals surface area contributed by atoms with Crippen LogP contribution in [-0.2, 0) is 21.4 Å². The van der Waals surface area contributed by atoms with E-state index in [1.54, 1.807) is 24.4 Å². The molecule has 4 aromatic rings. The Balaban J connectivity index is 1.51. The van der Waals surface area contributed by atoms with Gasteiger partial charge in [0.15, 0.2) is 0 Å². The van der Waals surface area contributed by atoms with Crippen LogP contribution in [0.4, 0.5) is 0 Å². The van der Waals surface area contributed by atoms with Crippen LogP contribution in [0.3, 0.4) is 0 Å². The first kappa shape index (κ1) is 27.0. The van der Waals surface area contributed by atoms with E-state index in [0.717, 1.165) is 32.5 Å². The van der Waals surface area contributed by atoms with Crippen LogP contribution in [0.5, 0.6) is 0 Å². The standard InChI is InChI=1S/C30H32N4O3S/c1-22-15-16-28(17-23(22)2)34-24(3)18-27(25(34)4)19-31-32-30(35)21-33(20-26-11-7-5-8-12-26)38(36,37)29-13-9-6-10-14-29/h5-19H,20-21H2,1-4H3,(H,32,35)/b31-19+. The minimum Gasteiger partial charge on any atom is -0.318 e. The lowest BCUT2D eigenvalue weighted by atomic mass is 10.1. The number of carbonyl (C=O) groups excluding carboxylic acids is 1. The summed E-state index contributed by atoms with van der Waals surface area (Å²) in [5, 5.41) is 4.14. The summed E-state index contributed by atoms with van der Waals surface area (Å²) >= 11 is 0. The number of carbonyl (C=O) groups is 1. The average Bonchev–Trinajstić information content (AvgIpc) is 3.19. The fourth-order valence-electron chi connectivity index (χ4n) is 4.30. The van der Waals surface area contributed by atoms with Crippen molar-refractivity contribution in [2.24, 2.45) is 5.10 Å². The highest BCUT2D eigenvalue weighted by molar-refractivity contribution is 7.89. The maximum absolute atomic E-state index is 13.3. The van der Waals surface area contributed by atoms with Gasteiger partial charge in [-0.1, -0.05) is 54.6 Å². The van der Waals surface area contributed by atoms with Crippen LogP contribution in [0.15, 0.2) is 94.9 Å². The van der Waals surface area contributed by atoms with Crippen molar-refractivity contribution in [3.8, 4) is 5.69 Å². The van der Waals surface area contributed by atoms with Crippen molar-refractivity contribution in [1.29, 1.82) is 0 Å². The minimum absolute atomic E-state index is 0.0618. The van der Waals surface area contributed by atoms with Crippen LogP contribution < -0.4 is 5.43 Å². The van der Waals surface area contributed by atoms with E-state index in [-0.39, 0.29) is 18.0 Å². The van der Waals surface area contributed by atoms with Gasteiger partial charge < -0.3 is 4.57 Å². The van der Waals surface area contributed by atoms with Crippen molar-refractivity contribution in [1.82, 2.24) is 14.3 Å². The number of amides is 1. The van der Waals surface area contributed by atoms with E-state index in [1.165, 1.54) is 23.3 Å². The first-order valence-electron chi connectivity index (χ1n) is 12.3. The zero-order valence-electron chi connectivity index (χ0n) is 22.0. The number of aryl methyl sites for hydroxylation is 3. The molecule has 0 unspecified atom stereocenters. The van der Waals surface area contributed by atoms with Crippen molar-refractivity contribution in [3.63, 3.8) is 0 Å². The molecular formula is C30H32N4O3S. The van der Waals surface area contributed by atoms with Gasteiger partial charge in [0.25, 0.3) is 5.91 Å². The van der Waals surface area contributed by atoms with E-state index in [1.807, 2.05) is 50.2 Å². The van der Waals surface area contributed by atoms with Crippen molar-refractivity contribution in [2.75, 3.05) is 6.54 Å². The number of sulfonamides is 1. The molecule has 0 fully saturated rings. The lowest BCUT2D eigenvalue weighted by Crippen LogP contribution is -2.39. The first-order valence-corrected chi connectivity index (χ1v) is 13.8. The largest absolute Gasteiger partial charge is 0.318 e. The molecule has 0 bridgehead atoms. The lowest BCUT2D eigenvalue weighted by molar-refractivity contribution is -0.121. The summed E-state index contributed by atoms with van der Waals surface area (Å²) in [6, 6.07) is 25.6. The number of nitrogens with zero attached hydrogens (tertiary/aromatic N) is 3. The second kappa shape index (κ2) is 11.6. The quantitative estimate of drug-likeness (QED) is 0.244. The van der Waals surface area contributed by atoms with Crippen LogP contribution in [0.2, 0.25) is 0 Å². The Labute approximate surface area is 224 Å². The van der Waals surface area contributed by atoms with Crippen LogP contribution in [0.25, 0.3) is 5.69 Å². The Morgan fingerprint density at radius 1 is 0.895 bits per heavy atom. The molecule has 3 aromatic carbocycles. The molecule has 0 saturated carbocycles.